The molecule has 1 aromatic rings. The normalized spacial score (nSPS) is 11.2. The molecule has 0 aliphatic carbocycles. The molecule has 0 fully saturated rings. The molecule has 0 unspecified atom stereocenters. The molecule has 0 saturated carbocycles. The molecule has 1 aromatic carbocycles. The molecule has 1 N–H and O–H groups in total. The Bertz CT molecular complexity index is 369. The van der Waals surface area contributed by atoms with Crippen LogP contribution in [0, 0.1) is 5.41 Å². The zero-order chi connectivity index (χ0) is 12.2. The first kappa shape index (κ1) is 12.7. The number of hydrogen-bond donors (Lipinski definition) is 1. The van der Waals surface area contributed by atoms with Crippen LogP contribution in [0.15, 0.2) is 24.3 Å². The van der Waals surface area contributed by atoms with Crippen LogP contribution in [0.1, 0.15) is 26.3 Å². The van der Waals surface area contributed by atoms with E-state index in [4.69, 9.17) is 4.74 Å². The zero-order valence-electron chi connectivity index (χ0n) is 9.99. The van der Waals surface area contributed by atoms with Gasteiger partial charge in [0.1, 0.15) is 5.75 Å². The first-order valence-corrected chi connectivity index (χ1v) is 5.32. The molecule has 0 aromatic heterocycles. The van der Waals surface area contributed by atoms with Crippen LogP contribution in [0.2, 0.25) is 0 Å². The summed E-state index contributed by atoms with van der Waals surface area (Å²) in [7, 11) is 0. The monoisotopic (exact) mass is 222 g/mol. The number of aliphatic hydroxyl groups excluding tert-OH is 1. The molecule has 0 bridgehead atoms. The molecule has 0 aliphatic rings. The van der Waals surface area contributed by atoms with Gasteiger partial charge in [-0.05, 0) is 23.5 Å². The highest BCUT2D eigenvalue weighted by Crippen LogP contribution is 2.27. The Hall–Kier alpha value is -1.35. The third-order valence-corrected chi connectivity index (χ3v) is 2.32. The lowest BCUT2D eigenvalue weighted by Gasteiger charge is -2.22. The van der Waals surface area contributed by atoms with Gasteiger partial charge in [0, 0.05) is 13.5 Å². The van der Waals surface area contributed by atoms with E-state index in [-0.39, 0.29) is 18.0 Å². The molecular weight excluding hydrogens is 204 g/mol. The summed E-state index contributed by atoms with van der Waals surface area (Å²) in [6.07, 6.45) is 0.674. The predicted octanol–water partition coefficient (Wildman–Crippen LogP) is 2.17. The topological polar surface area (TPSA) is 46.5 Å². The second-order valence-electron chi connectivity index (χ2n) is 4.70. The predicted molar refractivity (Wildman–Crippen MR) is 62.3 cm³/mol. The maximum Gasteiger partial charge on any atom is 0.308 e. The molecule has 0 spiro atoms. The maximum absolute atomic E-state index is 10.9. The Morgan fingerprint density at radius 3 is 2.56 bits per heavy atom. The summed E-state index contributed by atoms with van der Waals surface area (Å²) in [5, 5.41) is 9.22. The molecule has 0 radical (unpaired) electrons. The summed E-state index contributed by atoms with van der Waals surface area (Å²) < 4.78 is 5.12. The van der Waals surface area contributed by atoms with Crippen molar-refractivity contribution in [1.82, 2.24) is 0 Å². The van der Waals surface area contributed by atoms with E-state index in [1.807, 2.05) is 32.0 Å². The van der Waals surface area contributed by atoms with Crippen LogP contribution in [0.5, 0.6) is 5.75 Å². The summed E-state index contributed by atoms with van der Waals surface area (Å²) in [4.78, 5) is 10.9. The van der Waals surface area contributed by atoms with Gasteiger partial charge in [-0.15, -0.1) is 0 Å². The van der Waals surface area contributed by atoms with E-state index in [2.05, 4.69) is 0 Å². The molecule has 0 aliphatic heterocycles. The van der Waals surface area contributed by atoms with Gasteiger partial charge in [0.05, 0.1) is 0 Å². The van der Waals surface area contributed by atoms with Crippen molar-refractivity contribution in [3.05, 3.63) is 29.8 Å². The average Bonchev–Trinajstić information content (AvgIpc) is 2.20. The number of carbonyl (C=O) groups excluding carboxylic acids is 1. The van der Waals surface area contributed by atoms with Gasteiger partial charge in [0.2, 0.25) is 0 Å². The standard InChI is InChI=1S/C13H18O3/c1-10(15)16-12-7-5-4-6-11(12)8-13(2,3)9-14/h4-7,14H,8-9H2,1-3H3. The van der Waals surface area contributed by atoms with Gasteiger partial charge in [-0.1, -0.05) is 32.0 Å². The molecule has 16 heavy (non-hydrogen) atoms. The van der Waals surface area contributed by atoms with Crippen molar-refractivity contribution in [2.75, 3.05) is 6.61 Å². The first-order valence-electron chi connectivity index (χ1n) is 5.32. The highest BCUT2D eigenvalue weighted by atomic mass is 16.5. The van der Waals surface area contributed by atoms with Crippen molar-refractivity contribution in [1.29, 1.82) is 0 Å². The van der Waals surface area contributed by atoms with Crippen LogP contribution in [-0.2, 0) is 11.2 Å². The Kier molecular flexibility index (Phi) is 4.07. The minimum atomic E-state index is -0.325. The molecule has 0 amide bonds. The van der Waals surface area contributed by atoms with E-state index >= 15 is 0 Å². The largest absolute Gasteiger partial charge is 0.426 e. The number of carbonyl (C=O) groups is 1. The van der Waals surface area contributed by atoms with E-state index in [0.717, 1.165) is 5.56 Å². The molecule has 3 nitrogen and oxygen atoms in total. The van der Waals surface area contributed by atoms with Crippen molar-refractivity contribution >= 4 is 5.97 Å². The summed E-state index contributed by atoms with van der Waals surface area (Å²) in [5.41, 5.74) is 0.729. The van der Waals surface area contributed by atoms with Gasteiger partial charge in [-0.3, -0.25) is 4.79 Å². The van der Waals surface area contributed by atoms with Crippen LogP contribution in [0.25, 0.3) is 0 Å². The molecule has 0 heterocycles. The van der Waals surface area contributed by atoms with Gasteiger partial charge >= 0.3 is 5.97 Å². The lowest BCUT2D eigenvalue weighted by molar-refractivity contribution is -0.131. The summed E-state index contributed by atoms with van der Waals surface area (Å²) in [6.45, 7) is 5.42. The average molecular weight is 222 g/mol. The van der Waals surface area contributed by atoms with Crippen LogP contribution >= 0.6 is 0 Å². The minimum Gasteiger partial charge on any atom is -0.426 e. The second kappa shape index (κ2) is 5.12. The van der Waals surface area contributed by atoms with Crippen molar-refractivity contribution in [3.8, 4) is 5.75 Å². The molecular formula is C13H18O3. The number of esters is 1. The number of hydrogen-bond acceptors (Lipinski definition) is 3. The third-order valence-electron chi connectivity index (χ3n) is 2.32. The summed E-state index contributed by atoms with van der Waals surface area (Å²) >= 11 is 0. The first-order chi connectivity index (χ1) is 7.44. The number of aliphatic hydroxyl groups is 1. The van der Waals surface area contributed by atoms with Gasteiger partial charge in [-0.25, -0.2) is 0 Å². The Morgan fingerprint density at radius 2 is 2.00 bits per heavy atom. The number of benzene rings is 1. The third kappa shape index (κ3) is 3.66. The van der Waals surface area contributed by atoms with E-state index in [9.17, 15) is 9.90 Å². The van der Waals surface area contributed by atoms with Crippen LogP contribution in [0.4, 0.5) is 0 Å². The highest BCUT2D eigenvalue weighted by molar-refractivity contribution is 5.69. The fourth-order valence-electron chi connectivity index (χ4n) is 1.48. The highest BCUT2D eigenvalue weighted by Gasteiger charge is 2.19. The van der Waals surface area contributed by atoms with Crippen molar-refractivity contribution in [2.24, 2.45) is 5.41 Å². The molecule has 1 rings (SSSR count). The van der Waals surface area contributed by atoms with Gasteiger partial charge in [0.25, 0.3) is 0 Å². The lowest BCUT2D eigenvalue weighted by Crippen LogP contribution is -2.20. The minimum absolute atomic E-state index is 0.0986. The van der Waals surface area contributed by atoms with E-state index < -0.39 is 0 Å². The molecule has 88 valence electrons. The van der Waals surface area contributed by atoms with Crippen molar-refractivity contribution in [3.63, 3.8) is 0 Å². The quantitative estimate of drug-likeness (QED) is 0.627. The Morgan fingerprint density at radius 1 is 1.38 bits per heavy atom. The van der Waals surface area contributed by atoms with Crippen LogP contribution < -0.4 is 4.74 Å². The number of rotatable bonds is 4. The summed E-state index contributed by atoms with van der Waals surface area (Å²) in [5.74, 6) is 0.255. The fraction of sp³-hybridized carbons (Fsp3) is 0.462. The summed E-state index contributed by atoms with van der Waals surface area (Å²) in [6, 6.07) is 7.41. The Balaban J connectivity index is 2.90. The smallest absolute Gasteiger partial charge is 0.308 e. The maximum atomic E-state index is 10.9. The van der Waals surface area contributed by atoms with E-state index in [1.165, 1.54) is 6.92 Å². The van der Waals surface area contributed by atoms with Crippen LogP contribution in [-0.4, -0.2) is 17.7 Å². The second-order valence-corrected chi connectivity index (χ2v) is 4.70. The number of ether oxygens (including phenoxy) is 1. The molecule has 3 heteroatoms. The number of para-hydroxylation sites is 1. The van der Waals surface area contributed by atoms with Crippen molar-refractivity contribution < 1.29 is 14.6 Å². The SMILES string of the molecule is CC(=O)Oc1ccccc1CC(C)(C)CO. The van der Waals surface area contributed by atoms with Crippen LogP contribution in [0.3, 0.4) is 0 Å². The van der Waals surface area contributed by atoms with Crippen molar-refractivity contribution in [2.45, 2.75) is 27.2 Å². The van der Waals surface area contributed by atoms with Gasteiger partial charge < -0.3 is 9.84 Å². The molecule has 0 atom stereocenters. The van der Waals surface area contributed by atoms with E-state index in [0.29, 0.717) is 12.2 Å². The zero-order valence-corrected chi connectivity index (χ0v) is 9.99. The molecule has 0 saturated heterocycles. The Labute approximate surface area is 96.1 Å². The van der Waals surface area contributed by atoms with Gasteiger partial charge in [-0.2, -0.15) is 0 Å². The lowest BCUT2D eigenvalue weighted by atomic mass is 9.86. The fourth-order valence-corrected chi connectivity index (χ4v) is 1.48. The van der Waals surface area contributed by atoms with Gasteiger partial charge in [0.15, 0.2) is 0 Å². The van der Waals surface area contributed by atoms with E-state index in [1.54, 1.807) is 6.07 Å².